The summed E-state index contributed by atoms with van der Waals surface area (Å²) in [6.45, 7) is 2.20. The summed E-state index contributed by atoms with van der Waals surface area (Å²) in [5, 5.41) is 5.22. The highest BCUT2D eigenvalue weighted by Gasteiger charge is 2.19. The number of carbonyl (C=O) groups is 1. The van der Waals surface area contributed by atoms with E-state index in [1.165, 1.54) is 15.6 Å². The standard InChI is InChI=1S/C16H19ClN2O3S2/c1-12-10-13(17)5-6-15(12)19(24(2,21)22)8-7-18-16(20)11-14-4-3-9-23-14/h3-6,9-10H,7-8,11H2,1-2H3,(H,18,20). The Morgan fingerprint density at radius 2 is 2.08 bits per heavy atom. The SMILES string of the molecule is Cc1cc(Cl)ccc1N(CCNC(=O)Cc1cccs1)S(C)(=O)=O. The lowest BCUT2D eigenvalue weighted by molar-refractivity contribution is -0.120. The number of halogens is 1. The second-order valence-electron chi connectivity index (χ2n) is 5.37. The lowest BCUT2D eigenvalue weighted by atomic mass is 10.2. The Balaban J connectivity index is 2.01. The molecule has 1 heterocycles. The molecule has 1 aromatic heterocycles. The van der Waals surface area contributed by atoms with E-state index >= 15 is 0 Å². The van der Waals surface area contributed by atoms with Crippen LogP contribution in [-0.2, 0) is 21.2 Å². The molecular weight excluding hydrogens is 368 g/mol. The Morgan fingerprint density at radius 3 is 2.67 bits per heavy atom. The minimum absolute atomic E-state index is 0.126. The molecule has 0 fully saturated rings. The van der Waals surface area contributed by atoms with Gasteiger partial charge in [-0.15, -0.1) is 11.3 Å². The number of amides is 1. The van der Waals surface area contributed by atoms with Crippen LogP contribution in [0, 0.1) is 6.92 Å². The third kappa shape index (κ3) is 5.22. The van der Waals surface area contributed by atoms with Crippen molar-refractivity contribution in [2.24, 2.45) is 0 Å². The van der Waals surface area contributed by atoms with E-state index in [4.69, 9.17) is 11.6 Å². The highest BCUT2D eigenvalue weighted by molar-refractivity contribution is 7.92. The van der Waals surface area contributed by atoms with Crippen LogP contribution in [0.2, 0.25) is 5.02 Å². The summed E-state index contributed by atoms with van der Waals surface area (Å²) in [6.07, 6.45) is 1.45. The molecule has 0 aliphatic heterocycles. The van der Waals surface area contributed by atoms with Crippen LogP contribution in [0.4, 0.5) is 5.69 Å². The minimum Gasteiger partial charge on any atom is -0.354 e. The van der Waals surface area contributed by atoms with E-state index in [2.05, 4.69) is 5.32 Å². The van der Waals surface area contributed by atoms with Gasteiger partial charge in [-0.25, -0.2) is 8.42 Å². The number of thiophene rings is 1. The number of nitrogens with one attached hydrogen (secondary N) is 1. The van der Waals surface area contributed by atoms with Crippen molar-refractivity contribution in [3.63, 3.8) is 0 Å². The summed E-state index contributed by atoms with van der Waals surface area (Å²) < 4.78 is 25.4. The second kappa shape index (κ2) is 8.00. The van der Waals surface area contributed by atoms with E-state index in [1.54, 1.807) is 25.1 Å². The minimum atomic E-state index is -3.46. The van der Waals surface area contributed by atoms with Gasteiger partial charge in [-0.1, -0.05) is 17.7 Å². The van der Waals surface area contributed by atoms with Gasteiger partial charge in [0.2, 0.25) is 15.9 Å². The van der Waals surface area contributed by atoms with Crippen molar-refractivity contribution >= 4 is 44.6 Å². The van der Waals surface area contributed by atoms with Gasteiger partial charge in [-0.3, -0.25) is 9.10 Å². The van der Waals surface area contributed by atoms with Crippen molar-refractivity contribution in [1.29, 1.82) is 0 Å². The molecule has 5 nitrogen and oxygen atoms in total. The van der Waals surface area contributed by atoms with Crippen LogP contribution < -0.4 is 9.62 Å². The number of hydrogen-bond donors (Lipinski definition) is 1. The van der Waals surface area contributed by atoms with Crippen LogP contribution >= 0.6 is 22.9 Å². The van der Waals surface area contributed by atoms with Gasteiger partial charge in [-0.05, 0) is 42.1 Å². The zero-order valence-corrected chi connectivity index (χ0v) is 15.8. The fraction of sp³-hybridized carbons (Fsp3) is 0.312. The summed E-state index contributed by atoms with van der Waals surface area (Å²) in [4.78, 5) is 12.9. The van der Waals surface area contributed by atoms with E-state index in [0.29, 0.717) is 17.1 Å². The van der Waals surface area contributed by atoms with Crippen LogP contribution in [0.25, 0.3) is 0 Å². The Bertz CT molecular complexity index is 805. The van der Waals surface area contributed by atoms with Gasteiger partial charge >= 0.3 is 0 Å². The summed E-state index contributed by atoms with van der Waals surface area (Å²) in [6, 6.07) is 8.82. The summed E-state index contributed by atoms with van der Waals surface area (Å²) >= 11 is 7.44. The molecule has 130 valence electrons. The van der Waals surface area contributed by atoms with Gasteiger partial charge in [0, 0.05) is 16.4 Å². The van der Waals surface area contributed by atoms with Crippen molar-refractivity contribution in [3.8, 4) is 0 Å². The van der Waals surface area contributed by atoms with Crippen molar-refractivity contribution in [2.75, 3.05) is 23.7 Å². The maximum atomic E-state index is 12.1. The van der Waals surface area contributed by atoms with Crippen LogP contribution in [-0.4, -0.2) is 33.7 Å². The Morgan fingerprint density at radius 1 is 1.33 bits per heavy atom. The van der Waals surface area contributed by atoms with E-state index < -0.39 is 10.0 Å². The first-order valence-corrected chi connectivity index (χ1v) is 10.4. The van der Waals surface area contributed by atoms with Crippen LogP contribution in [0.5, 0.6) is 0 Å². The molecule has 0 saturated heterocycles. The molecule has 2 aromatic rings. The third-order valence-electron chi connectivity index (χ3n) is 3.38. The van der Waals surface area contributed by atoms with Crippen LogP contribution in [0.15, 0.2) is 35.7 Å². The molecule has 0 unspecified atom stereocenters. The fourth-order valence-corrected chi connectivity index (χ4v) is 4.21. The van der Waals surface area contributed by atoms with Crippen molar-refractivity contribution in [1.82, 2.24) is 5.32 Å². The number of aryl methyl sites for hydroxylation is 1. The molecule has 0 saturated carbocycles. The molecule has 0 bridgehead atoms. The third-order valence-corrected chi connectivity index (χ3v) is 5.67. The average molecular weight is 387 g/mol. The fourth-order valence-electron chi connectivity index (χ4n) is 2.29. The topological polar surface area (TPSA) is 66.5 Å². The van der Waals surface area contributed by atoms with Gasteiger partial charge < -0.3 is 5.32 Å². The summed E-state index contributed by atoms with van der Waals surface area (Å²) in [5.74, 6) is -0.126. The molecule has 0 spiro atoms. The first kappa shape index (κ1) is 18.8. The number of anilines is 1. The zero-order valence-electron chi connectivity index (χ0n) is 13.5. The number of hydrogen-bond acceptors (Lipinski definition) is 4. The molecule has 1 aromatic carbocycles. The summed E-state index contributed by atoms with van der Waals surface area (Å²) in [5.41, 5.74) is 1.33. The molecule has 24 heavy (non-hydrogen) atoms. The second-order valence-corrected chi connectivity index (χ2v) is 8.75. The number of sulfonamides is 1. The highest BCUT2D eigenvalue weighted by atomic mass is 35.5. The zero-order chi connectivity index (χ0) is 17.7. The highest BCUT2D eigenvalue weighted by Crippen LogP contribution is 2.25. The molecule has 0 aliphatic carbocycles. The Hall–Kier alpha value is -1.57. The van der Waals surface area contributed by atoms with Crippen molar-refractivity contribution in [2.45, 2.75) is 13.3 Å². The lowest BCUT2D eigenvalue weighted by Crippen LogP contribution is -2.38. The number of carbonyl (C=O) groups excluding carboxylic acids is 1. The van der Waals surface area contributed by atoms with Crippen LogP contribution in [0.3, 0.4) is 0 Å². The van der Waals surface area contributed by atoms with E-state index in [1.807, 2.05) is 17.5 Å². The van der Waals surface area contributed by atoms with Gasteiger partial charge in [0.15, 0.2) is 0 Å². The van der Waals surface area contributed by atoms with Crippen LogP contribution in [0.1, 0.15) is 10.4 Å². The number of benzene rings is 1. The van der Waals surface area contributed by atoms with E-state index in [9.17, 15) is 13.2 Å². The molecule has 8 heteroatoms. The predicted molar refractivity (Wildman–Crippen MR) is 99.4 cm³/mol. The maximum Gasteiger partial charge on any atom is 0.232 e. The van der Waals surface area contributed by atoms with Gasteiger partial charge in [0.05, 0.1) is 24.9 Å². The van der Waals surface area contributed by atoms with Crippen molar-refractivity contribution < 1.29 is 13.2 Å². The first-order valence-electron chi connectivity index (χ1n) is 7.30. The Kier molecular flexibility index (Phi) is 6.26. The molecular formula is C16H19ClN2O3S2. The Labute approximate surface area is 151 Å². The normalized spacial score (nSPS) is 11.3. The molecule has 0 atom stereocenters. The summed E-state index contributed by atoms with van der Waals surface area (Å²) in [7, 11) is -3.46. The monoisotopic (exact) mass is 386 g/mol. The molecule has 1 amide bonds. The first-order chi connectivity index (χ1) is 11.3. The smallest absolute Gasteiger partial charge is 0.232 e. The van der Waals surface area contributed by atoms with E-state index in [-0.39, 0.29) is 19.0 Å². The van der Waals surface area contributed by atoms with Gasteiger partial charge in [-0.2, -0.15) is 0 Å². The van der Waals surface area contributed by atoms with Crippen molar-refractivity contribution in [3.05, 3.63) is 51.2 Å². The molecule has 0 radical (unpaired) electrons. The molecule has 2 rings (SSSR count). The predicted octanol–water partition coefficient (Wildman–Crippen LogP) is 2.83. The largest absolute Gasteiger partial charge is 0.354 e. The van der Waals surface area contributed by atoms with Gasteiger partial charge in [0.25, 0.3) is 0 Å². The number of nitrogens with zero attached hydrogens (tertiary/aromatic N) is 1. The van der Waals surface area contributed by atoms with Gasteiger partial charge in [0.1, 0.15) is 0 Å². The maximum absolute atomic E-state index is 12.1. The average Bonchev–Trinajstić information content (AvgIpc) is 2.96. The molecule has 0 aliphatic rings. The van der Waals surface area contributed by atoms with E-state index in [0.717, 1.165) is 16.7 Å². The lowest BCUT2D eigenvalue weighted by Gasteiger charge is -2.24. The molecule has 1 N–H and O–H groups in total. The quantitative estimate of drug-likeness (QED) is 0.795. The number of rotatable bonds is 7.